The summed E-state index contributed by atoms with van der Waals surface area (Å²) in [6, 6.07) is 2.32. The Morgan fingerprint density at radius 1 is 1.09 bits per heavy atom. The van der Waals surface area contributed by atoms with Gasteiger partial charge in [0.25, 0.3) is 0 Å². The van der Waals surface area contributed by atoms with E-state index in [-0.39, 0.29) is 15.9 Å². The highest BCUT2D eigenvalue weighted by atomic mass is 32.2. The molecular formula is C16H17F2N3S. The van der Waals surface area contributed by atoms with Crippen LogP contribution in [0, 0.1) is 11.6 Å². The van der Waals surface area contributed by atoms with E-state index in [1.807, 2.05) is 20.8 Å². The zero-order valence-electron chi connectivity index (χ0n) is 12.9. The minimum absolute atomic E-state index is 0.0755. The van der Waals surface area contributed by atoms with Crippen LogP contribution in [0.5, 0.6) is 0 Å². The van der Waals surface area contributed by atoms with Crippen LogP contribution >= 0.6 is 11.9 Å². The molecule has 0 radical (unpaired) electrons. The highest BCUT2D eigenvalue weighted by Crippen LogP contribution is 2.28. The first-order valence-electron chi connectivity index (χ1n) is 6.75. The molecular weight excluding hydrogens is 304 g/mol. The normalized spacial score (nSPS) is 12.5. The zero-order chi connectivity index (χ0) is 16.3. The van der Waals surface area contributed by atoms with E-state index < -0.39 is 11.6 Å². The van der Waals surface area contributed by atoms with Gasteiger partial charge < -0.3 is 0 Å². The smallest absolute Gasteiger partial charge is 0.135 e. The number of hydrogen-bond donors (Lipinski definition) is 0. The predicted molar refractivity (Wildman–Crippen MR) is 86.9 cm³/mol. The number of rotatable bonds is 3. The van der Waals surface area contributed by atoms with E-state index >= 15 is 0 Å². The maximum atomic E-state index is 14.1. The Balaban J connectivity index is 2.45. The van der Waals surface area contributed by atoms with E-state index in [1.165, 1.54) is 36.7 Å². The Kier molecular flexibility index (Phi) is 4.90. The summed E-state index contributed by atoms with van der Waals surface area (Å²) in [4.78, 5) is 7.72. The lowest BCUT2D eigenvalue weighted by atomic mass is 10.0. The molecule has 0 saturated heterocycles. The molecule has 1 aromatic carbocycles. The van der Waals surface area contributed by atoms with E-state index in [1.54, 1.807) is 6.92 Å². The summed E-state index contributed by atoms with van der Waals surface area (Å²) in [5, 5.41) is 0. The third-order valence-electron chi connectivity index (χ3n) is 2.77. The molecule has 1 aromatic heterocycles. The van der Waals surface area contributed by atoms with Gasteiger partial charge in [0, 0.05) is 39.9 Å². The molecule has 0 unspecified atom stereocenters. The molecule has 116 valence electrons. The van der Waals surface area contributed by atoms with Crippen LogP contribution in [0.1, 0.15) is 33.3 Å². The topological polar surface area (TPSA) is 38.1 Å². The minimum Gasteiger partial charge on any atom is -0.244 e. The second-order valence-corrected chi connectivity index (χ2v) is 7.41. The van der Waals surface area contributed by atoms with Gasteiger partial charge in [-0.1, -0.05) is 0 Å². The molecule has 1 heterocycles. The van der Waals surface area contributed by atoms with Crippen LogP contribution in [0.2, 0.25) is 0 Å². The van der Waals surface area contributed by atoms with Crippen LogP contribution in [0.3, 0.4) is 0 Å². The second-order valence-electron chi connectivity index (χ2n) is 5.82. The molecule has 0 spiro atoms. The maximum absolute atomic E-state index is 14.1. The Bertz CT molecular complexity index is 695. The zero-order valence-corrected chi connectivity index (χ0v) is 13.7. The van der Waals surface area contributed by atoms with E-state index in [2.05, 4.69) is 14.4 Å². The lowest BCUT2D eigenvalue weighted by molar-refractivity contribution is 0.584. The number of halogens is 2. The maximum Gasteiger partial charge on any atom is 0.135 e. The molecule has 0 aliphatic heterocycles. The van der Waals surface area contributed by atoms with Gasteiger partial charge in [0.1, 0.15) is 18.0 Å². The van der Waals surface area contributed by atoms with E-state index in [9.17, 15) is 8.78 Å². The average molecular weight is 321 g/mol. The summed E-state index contributed by atoms with van der Waals surface area (Å²) in [5.41, 5.74) is 1.54. The third kappa shape index (κ3) is 4.10. The first-order valence-corrected chi connectivity index (χ1v) is 7.53. The molecule has 0 aliphatic carbocycles. The molecule has 2 rings (SSSR count). The molecule has 3 nitrogen and oxygen atoms in total. The monoisotopic (exact) mass is 321 g/mol. The van der Waals surface area contributed by atoms with Crippen LogP contribution in [0.15, 0.2) is 35.3 Å². The molecule has 0 N–H and O–H groups in total. The van der Waals surface area contributed by atoms with E-state index in [0.29, 0.717) is 11.3 Å². The Morgan fingerprint density at radius 3 is 2.32 bits per heavy atom. The van der Waals surface area contributed by atoms with Gasteiger partial charge in [-0.25, -0.2) is 23.1 Å². The Morgan fingerprint density at radius 2 is 1.73 bits per heavy atom. The van der Waals surface area contributed by atoms with Crippen molar-refractivity contribution in [3.8, 4) is 11.1 Å². The van der Waals surface area contributed by atoms with Crippen LogP contribution in [-0.2, 0) is 0 Å². The van der Waals surface area contributed by atoms with E-state index in [0.717, 1.165) is 6.07 Å². The van der Waals surface area contributed by atoms with Crippen molar-refractivity contribution < 1.29 is 8.78 Å². The summed E-state index contributed by atoms with van der Waals surface area (Å²) in [6.07, 6.45) is 4.34. The van der Waals surface area contributed by atoms with Crippen molar-refractivity contribution in [1.29, 1.82) is 0 Å². The molecule has 22 heavy (non-hydrogen) atoms. The molecule has 0 atom stereocenters. The van der Waals surface area contributed by atoms with Crippen LogP contribution in [-0.4, -0.2) is 20.4 Å². The fourth-order valence-corrected chi connectivity index (χ4v) is 2.25. The fourth-order valence-electron chi connectivity index (χ4n) is 1.74. The van der Waals surface area contributed by atoms with Crippen molar-refractivity contribution in [3.05, 3.63) is 48.1 Å². The molecule has 0 saturated carbocycles. The van der Waals surface area contributed by atoms with Crippen molar-refractivity contribution in [2.45, 2.75) is 32.4 Å². The Hall–Kier alpha value is -1.82. The standard InChI is InChI=1S/C16H17F2N3S/c1-10(21-22-16(2,3)4)12-5-13(15(18)6-14(12)17)11-7-19-9-20-8-11/h5-9H,1-4H3/b21-10+. The number of nitrogens with zero attached hydrogens (tertiary/aromatic N) is 3. The Labute approximate surface area is 133 Å². The summed E-state index contributed by atoms with van der Waals surface area (Å²) >= 11 is 1.35. The molecule has 6 heteroatoms. The summed E-state index contributed by atoms with van der Waals surface area (Å²) < 4.78 is 32.3. The summed E-state index contributed by atoms with van der Waals surface area (Å²) in [5.74, 6) is -1.28. The lowest BCUT2D eigenvalue weighted by Crippen LogP contribution is -2.07. The number of aromatic nitrogens is 2. The average Bonchev–Trinajstić information content (AvgIpc) is 2.45. The fraction of sp³-hybridized carbons (Fsp3) is 0.312. The predicted octanol–water partition coefficient (Wildman–Crippen LogP) is 4.68. The van der Waals surface area contributed by atoms with Crippen LogP contribution in [0.25, 0.3) is 11.1 Å². The first kappa shape index (κ1) is 16.5. The van der Waals surface area contributed by atoms with Gasteiger partial charge in [-0.15, -0.1) is 0 Å². The van der Waals surface area contributed by atoms with Crippen molar-refractivity contribution >= 4 is 17.7 Å². The summed E-state index contributed by atoms with van der Waals surface area (Å²) in [7, 11) is 0. The first-order chi connectivity index (χ1) is 10.3. The quantitative estimate of drug-likeness (QED) is 0.608. The molecule has 0 amide bonds. The SMILES string of the molecule is C/C(=N\SC(C)(C)C)c1cc(-c2cncnc2)c(F)cc1F. The van der Waals surface area contributed by atoms with Crippen LogP contribution in [0.4, 0.5) is 8.78 Å². The minimum atomic E-state index is -0.646. The largest absolute Gasteiger partial charge is 0.244 e. The van der Waals surface area contributed by atoms with E-state index in [4.69, 9.17) is 0 Å². The molecule has 2 aromatic rings. The molecule has 0 fully saturated rings. The second kappa shape index (κ2) is 6.52. The number of benzene rings is 1. The van der Waals surface area contributed by atoms with Gasteiger partial charge in [0.15, 0.2) is 0 Å². The van der Waals surface area contributed by atoms with Crippen molar-refractivity contribution in [3.63, 3.8) is 0 Å². The highest BCUT2D eigenvalue weighted by molar-refractivity contribution is 7.99. The van der Waals surface area contributed by atoms with Gasteiger partial charge in [-0.05, 0) is 45.7 Å². The third-order valence-corrected chi connectivity index (χ3v) is 3.69. The lowest BCUT2D eigenvalue weighted by Gasteiger charge is -2.14. The number of hydrogen-bond acceptors (Lipinski definition) is 4. The van der Waals surface area contributed by atoms with Crippen LogP contribution < -0.4 is 0 Å². The van der Waals surface area contributed by atoms with Gasteiger partial charge in [0.2, 0.25) is 0 Å². The van der Waals surface area contributed by atoms with Gasteiger partial charge >= 0.3 is 0 Å². The van der Waals surface area contributed by atoms with Gasteiger partial charge in [-0.3, -0.25) is 0 Å². The van der Waals surface area contributed by atoms with Gasteiger partial charge in [0.05, 0.1) is 5.71 Å². The van der Waals surface area contributed by atoms with Crippen molar-refractivity contribution in [2.24, 2.45) is 4.40 Å². The van der Waals surface area contributed by atoms with Crippen molar-refractivity contribution in [2.75, 3.05) is 0 Å². The van der Waals surface area contributed by atoms with Crippen molar-refractivity contribution in [1.82, 2.24) is 9.97 Å². The molecule has 0 aliphatic rings. The highest BCUT2D eigenvalue weighted by Gasteiger charge is 2.15. The molecule has 0 bridgehead atoms. The van der Waals surface area contributed by atoms with Gasteiger partial charge in [-0.2, -0.15) is 0 Å². The summed E-state index contributed by atoms with van der Waals surface area (Å²) in [6.45, 7) is 7.76.